The standard InChI is InChI=1S/C11H10FN3O3/c12-7-2-1-3-8(16)10(7)11(17)13-5-4-9-14-6-18-15-9/h1-3,6,16H,4-5H2,(H,13,17). The van der Waals surface area contributed by atoms with E-state index in [-0.39, 0.29) is 12.1 Å². The summed E-state index contributed by atoms with van der Waals surface area (Å²) in [5, 5.41) is 15.4. The Morgan fingerprint density at radius 3 is 3.00 bits per heavy atom. The van der Waals surface area contributed by atoms with Gasteiger partial charge in [0.05, 0.1) is 0 Å². The van der Waals surface area contributed by atoms with E-state index in [4.69, 9.17) is 0 Å². The number of benzene rings is 1. The Balaban J connectivity index is 1.96. The Bertz CT molecular complexity index is 522. The fourth-order valence-electron chi connectivity index (χ4n) is 1.42. The molecule has 0 saturated heterocycles. The van der Waals surface area contributed by atoms with Gasteiger partial charge in [0.1, 0.15) is 17.1 Å². The molecule has 0 aliphatic heterocycles. The molecule has 0 bridgehead atoms. The molecule has 0 aliphatic carbocycles. The molecule has 6 nitrogen and oxygen atoms in total. The van der Waals surface area contributed by atoms with Gasteiger partial charge in [0.25, 0.3) is 5.91 Å². The van der Waals surface area contributed by atoms with E-state index in [2.05, 4.69) is 20.0 Å². The molecule has 0 unspecified atom stereocenters. The molecule has 94 valence electrons. The van der Waals surface area contributed by atoms with Crippen LogP contribution in [0.1, 0.15) is 16.2 Å². The van der Waals surface area contributed by atoms with Gasteiger partial charge in [-0.25, -0.2) is 4.39 Å². The van der Waals surface area contributed by atoms with Gasteiger partial charge in [0.15, 0.2) is 5.82 Å². The van der Waals surface area contributed by atoms with Crippen LogP contribution in [0.5, 0.6) is 5.75 Å². The van der Waals surface area contributed by atoms with Crippen LogP contribution in [0.25, 0.3) is 0 Å². The molecule has 0 spiro atoms. The van der Waals surface area contributed by atoms with E-state index in [1.165, 1.54) is 18.5 Å². The molecule has 2 aromatic rings. The summed E-state index contributed by atoms with van der Waals surface area (Å²) in [4.78, 5) is 15.4. The molecule has 1 heterocycles. The number of nitrogens with one attached hydrogen (secondary N) is 1. The van der Waals surface area contributed by atoms with Crippen molar-refractivity contribution in [2.24, 2.45) is 0 Å². The highest BCUT2D eigenvalue weighted by Gasteiger charge is 2.15. The number of carbonyl (C=O) groups excluding carboxylic acids is 1. The summed E-state index contributed by atoms with van der Waals surface area (Å²) >= 11 is 0. The van der Waals surface area contributed by atoms with Crippen molar-refractivity contribution >= 4 is 5.91 Å². The Hall–Kier alpha value is -2.44. The second-order valence-electron chi connectivity index (χ2n) is 3.49. The molecule has 2 N–H and O–H groups in total. The van der Waals surface area contributed by atoms with E-state index >= 15 is 0 Å². The summed E-state index contributed by atoms with van der Waals surface area (Å²) in [6.07, 6.45) is 1.54. The van der Waals surface area contributed by atoms with Gasteiger partial charge in [-0.15, -0.1) is 0 Å². The smallest absolute Gasteiger partial charge is 0.258 e. The number of phenols is 1. The zero-order valence-electron chi connectivity index (χ0n) is 9.26. The van der Waals surface area contributed by atoms with E-state index in [1.54, 1.807) is 0 Å². The van der Waals surface area contributed by atoms with Crippen LogP contribution in [-0.2, 0) is 6.42 Å². The topological polar surface area (TPSA) is 88.3 Å². The number of rotatable bonds is 4. The minimum atomic E-state index is -0.771. The number of carbonyl (C=O) groups is 1. The van der Waals surface area contributed by atoms with E-state index in [9.17, 15) is 14.3 Å². The maximum atomic E-state index is 13.3. The first-order chi connectivity index (χ1) is 8.68. The Labute approximate surface area is 101 Å². The Morgan fingerprint density at radius 2 is 2.33 bits per heavy atom. The average Bonchev–Trinajstić information content (AvgIpc) is 2.82. The van der Waals surface area contributed by atoms with E-state index in [1.807, 2.05) is 0 Å². The van der Waals surface area contributed by atoms with Crippen LogP contribution in [0.4, 0.5) is 4.39 Å². The number of halogens is 1. The SMILES string of the molecule is O=C(NCCc1ncon1)c1c(O)cccc1F. The fraction of sp³-hybridized carbons (Fsp3) is 0.182. The summed E-state index contributed by atoms with van der Waals surface area (Å²) in [7, 11) is 0. The molecule has 1 aromatic carbocycles. The highest BCUT2D eigenvalue weighted by atomic mass is 19.1. The highest BCUT2D eigenvalue weighted by Crippen LogP contribution is 2.19. The molecule has 2 rings (SSSR count). The second-order valence-corrected chi connectivity index (χ2v) is 3.49. The molecule has 0 saturated carbocycles. The molecule has 7 heteroatoms. The minimum Gasteiger partial charge on any atom is -0.507 e. The van der Waals surface area contributed by atoms with E-state index in [0.29, 0.717) is 12.2 Å². The lowest BCUT2D eigenvalue weighted by molar-refractivity contribution is 0.0947. The zero-order valence-corrected chi connectivity index (χ0v) is 9.26. The maximum Gasteiger partial charge on any atom is 0.258 e. The minimum absolute atomic E-state index is 0.214. The van der Waals surface area contributed by atoms with Gasteiger partial charge < -0.3 is 14.9 Å². The van der Waals surface area contributed by atoms with Gasteiger partial charge in [0, 0.05) is 13.0 Å². The molecule has 0 radical (unpaired) electrons. The second kappa shape index (κ2) is 5.26. The molecule has 0 atom stereocenters. The van der Waals surface area contributed by atoms with Crippen LogP contribution >= 0.6 is 0 Å². The van der Waals surface area contributed by atoms with Crippen molar-refractivity contribution in [3.05, 3.63) is 41.8 Å². The van der Waals surface area contributed by atoms with Gasteiger partial charge >= 0.3 is 0 Å². The summed E-state index contributed by atoms with van der Waals surface area (Å²) in [5.74, 6) is -1.42. The lowest BCUT2D eigenvalue weighted by Gasteiger charge is -2.06. The van der Waals surface area contributed by atoms with Crippen LogP contribution in [-0.4, -0.2) is 27.7 Å². The van der Waals surface area contributed by atoms with Crippen molar-refractivity contribution in [3.63, 3.8) is 0 Å². The van der Waals surface area contributed by atoms with Crippen molar-refractivity contribution in [2.75, 3.05) is 6.54 Å². The summed E-state index contributed by atoms with van der Waals surface area (Å²) in [5.41, 5.74) is -0.370. The number of hydrogen-bond acceptors (Lipinski definition) is 5. The number of nitrogens with zero attached hydrogens (tertiary/aromatic N) is 2. The van der Waals surface area contributed by atoms with Crippen molar-refractivity contribution in [1.82, 2.24) is 15.5 Å². The van der Waals surface area contributed by atoms with Crippen LogP contribution in [0, 0.1) is 5.82 Å². The van der Waals surface area contributed by atoms with Gasteiger partial charge in [-0.1, -0.05) is 11.2 Å². The Kier molecular flexibility index (Phi) is 3.52. The number of amides is 1. The molecule has 1 aromatic heterocycles. The molecular weight excluding hydrogens is 241 g/mol. The quantitative estimate of drug-likeness (QED) is 0.842. The highest BCUT2D eigenvalue weighted by molar-refractivity contribution is 5.97. The van der Waals surface area contributed by atoms with E-state index < -0.39 is 17.5 Å². The Morgan fingerprint density at radius 1 is 1.50 bits per heavy atom. The van der Waals surface area contributed by atoms with Gasteiger partial charge in [-0.05, 0) is 12.1 Å². The number of aromatic hydroxyl groups is 1. The first-order valence-electron chi connectivity index (χ1n) is 5.19. The normalized spacial score (nSPS) is 10.3. The number of hydrogen-bond donors (Lipinski definition) is 2. The predicted molar refractivity (Wildman–Crippen MR) is 58.4 cm³/mol. The first kappa shape index (κ1) is 12.0. The van der Waals surface area contributed by atoms with Crippen LogP contribution < -0.4 is 5.32 Å². The third kappa shape index (κ3) is 2.62. The average molecular weight is 251 g/mol. The fourth-order valence-corrected chi connectivity index (χ4v) is 1.42. The van der Waals surface area contributed by atoms with E-state index in [0.717, 1.165) is 6.07 Å². The summed E-state index contributed by atoms with van der Waals surface area (Å²) in [6.45, 7) is 0.214. The summed E-state index contributed by atoms with van der Waals surface area (Å²) in [6, 6.07) is 3.67. The van der Waals surface area contributed by atoms with Gasteiger partial charge in [-0.2, -0.15) is 4.98 Å². The largest absolute Gasteiger partial charge is 0.507 e. The molecular formula is C11H10FN3O3. The third-order valence-corrected chi connectivity index (χ3v) is 2.26. The lowest BCUT2D eigenvalue weighted by atomic mass is 10.1. The van der Waals surface area contributed by atoms with Gasteiger partial charge in [0.2, 0.25) is 6.39 Å². The van der Waals surface area contributed by atoms with Crippen molar-refractivity contribution in [3.8, 4) is 5.75 Å². The van der Waals surface area contributed by atoms with Crippen molar-refractivity contribution in [1.29, 1.82) is 0 Å². The van der Waals surface area contributed by atoms with Crippen LogP contribution in [0.3, 0.4) is 0 Å². The van der Waals surface area contributed by atoms with Crippen molar-refractivity contribution in [2.45, 2.75) is 6.42 Å². The van der Waals surface area contributed by atoms with Crippen molar-refractivity contribution < 1.29 is 18.8 Å². The number of aromatic nitrogens is 2. The number of phenolic OH excluding ortho intramolecular Hbond substituents is 1. The monoisotopic (exact) mass is 251 g/mol. The molecule has 1 amide bonds. The first-order valence-corrected chi connectivity index (χ1v) is 5.19. The van der Waals surface area contributed by atoms with Gasteiger partial charge in [-0.3, -0.25) is 4.79 Å². The lowest BCUT2D eigenvalue weighted by Crippen LogP contribution is -2.26. The third-order valence-electron chi connectivity index (χ3n) is 2.26. The van der Waals surface area contributed by atoms with Crippen LogP contribution in [0.2, 0.25) is 0 Å². The maximum absolute atomic E-state index is 13.3. The zero-order chi connectivity index (χ0) is 13.0. The molecule has 0 fully saturated rings. The summed E-state index contributed by atoms with van der Waals surface area (Å²) < 4.78 is 17.9. The predicted octanol–water partition coefficient (Wildman–Crippen LogP) is 0.887. The molecule has 18 heavy (non-hydrogen) atoms. The van der Waals surface area contributed by atoms with Crippen LogP contribution in [0.15, 0.2) is 29.1 Å². The molecule has 0 aliphatic rings.